The summed E-state index contributed by atoms with van der Waals surface area (Å²) in [5.41, 5.74) is -0.358. The van der Waals surface area contributed by atoms with Gasteiger partial charge in [-0.25, -0.2) is 4.98 Å². The van der Waals surface area contributed by atoms with Crippen molar-refractivity contribution >= 4 is 0 Å². The maximum absolute atomic E-state index is 10.7. The minimum atomic E-state index is -0.708. The van der Waals surface area contributed by atoms with Gasteiger partial charge in [0.25, 0.3) is 0 Å². The first kappa shape index (κ1) is 12.6. The largest absolute Gasteiger partial charge is 0.382 e. The van der Waals surface area contributed by atoms with E-state index in [0.29, 0.717) is 11.3 Å². The highest BCUT2D eigenvalue weighted by atomic mass is 16.3. The van der Waals surface area contributed by atoms with Crippen molar-refractivity contribution in [3.63, 3.8) is 0 Å². The first-order valence-electron chi connectivity index (χ1n) is 6.53. The van der Waals surface area contributed by atoms with E-state index in [1.807, 2.05) is 17.8 Å². The Kier molecular flexibility index (Phi) is 3.06. The van der Waals surface area contributed by atoms with E-state index in [-0.39, 0.29) is 0 Å². The van der Waals surface area contributed by atoms with Crippen LogP contribution in [0.25, 0.3) is 0 Å². The van der Waals surface area contributed by atoms with E-state index in [0.717, 1.165) is 31.5 Å². The van der Waals surface area contributed by atoms with E-state index >= 15 is 0 Å². The van der Waals surface area contributed by atoms with Gasteiger partial charge in [-0.1, -0.05) is 20.8 Å². The van der Waals surface area contributed by atoms with Crippen LogP contribution in [0.1, 0.15) is 52.3 Å². The van der Waals surface area contributed by atoms with Gasteiger partial charge in [0.15, 0.2) is 0 Å². The van der Waals surface area contributed by atoms with Gasteiger partial charge >= 0.3 is 0 Å². The van der Waals surface area contributed by atoms with E-state index in [1.54, 1.807) is 6.20 Å². The number of nitrogens with zero attached hydrogens (tertiary/aromatic N) is 2. The molecular weight excluding hydrogens is 212 g/mol. The minimum absolute atomic E-state index is 0.350. The Morgan fingerprint density at radius 1 is 1.35 bits per heavy atom. The molecule has 1 N–H and O–H groups in total. The molecule has 0 unspecified atom stereocenters. The van der Waals surface area contributed by atoms with Crippen LogP contribution in [0.5, 0.6) is 0 Å². The standard InChI is InChI=1S/C14H24N2O/c1-13(2,3)11-5-7-14(17,8-6-11)12-15-9-10-16(12)4/h9-11,17H,5-8H2,1-4H3. The third-order valence-electron chi connectivity index (χ3n) is 4.27. The number of hydrogen-bond acceptors (Lipinski definition) is 2. The van der Waals surface area contributed by atoms with Gasteiger partial charge in [0.05, 0.1) is 0 Å². The molecular formula is C14H24N2O. The Labute approximate surface area is 104 Å². The van der Waals surface area contributed by atoms with Crippen LogP contribution in [0, 0.1) is 11.3 Å². The minimum Gasteiger partial charge on any atom is -0.382 e. The lowest BCUT2D eigenvalue weighted by molar-refractivity contribution is -0.0384. The van der Waals surface area contributed by atoms with Crippen LogP contribution in [-0.2, 0) is 12.6 Å². The van der Waals surface area contributed by atoms with Crippen LogP contribution in [0.4, 0.5) is 0 Å². The quantitative estimate of drug-likeness (QED) is 0.814. The summed E-state index contributed by atoms with van der Waals surface area (Å²) in [4.78, 5) is 4.31. The molecule has 17 heavy (non-hydrogen) atoms. The summed E-state index contributed by atoms with van der Waals surface area (Å²) in [6, 6.07) is 0. The molecule has 3 nitrogen and oxygen atoms in total. The van der Waals surface area contributed by atoms with E-state index in [4.69, 9.17) is 0 Å². The van der Waals surface area contributed by atoms with E-state index in [9.17, 15) is 5.11 Å². The van der Waals surface area contributed by atoms with Crippen molar-refractivity contribution in [1.82, 2.24) is 9.55 Å². The molecule has 2 rings (SSSR count). The molecule has 1 aromatic rings. The topological polar surface area (TPSA) is 38.0 Å². The summed E-state index contributed by atoms with van der Waals surface area (Å²) >= 11 is 0. The Morgan fingerprint density at radius 3 is 2.35 bits per heavy atom. The Morgan fingerprint density at radius 2 is 1.94 bits per heavy atom. The van der Waals surface area contributed by atoms with Gasteiger partial charge in [0.2, 0.25) is 0 Å². The molecule has 1 fully saturated rings. The predicted molar refractivity (Wildman–Crippen MR) is 68.5 cm³/mol. The molecule has 1 aromatic heterocycles. The zero-order valence-electron chi connectivity index (χ0n) is 11.4. The van der Waals surface area contributed by atoms with Gasteiger partial charge < -0.3 is 9.67 Å². The van der Waals surface area contributed by atoms with Crippen molar-refractivity contribution in [3.8, 4) is 0 Å². The van der Waals surface area contributed by atoms with E-state index in [2.05, 4.69) is 25.8 Å². The fourth-order valence-electron chi connectivity index (χ4n) is 3.00. The number of aromatic nitrogens is 2. The average molecular weight is 236 g/mol. The van der Waals surface area contributed by atoms with Crippen molar-refractivity contribution < 1.29 is 5.11 Å². The van der Waals surface area contributed by atoms with Crippen LogP contribution in [-0.4, -0.2) is 14.7 Å². The summed E-state index contributed by atoms with van der Waals surface area (Å²) in [5.74, 6) is 1.54. The molecule has 1 heterocycles. The first-order chi connectivity index (χ1) is 7.83. The van der Waals surface area contributed by atoms with Crippen LogP contribution >= 0.6 is 0 Å². The van der Waals surface area contributed by atoms with Crippen molar-refractivity contribution in [1.29, 1.82) is 0 Å². The van der Waals surface area contributed by atoms with Crippen LogP contribution in [0.15, 0.2) is 12.4 Å². The molecule has 0 aliphatic heterocycles. The highest BCUT2D eigenvalue weighted by Crippen LogP contribution is 2.44. The van der Waals surface area contributed by atoms with E-state index in [1.165, 1.54) is 0 Å². The van der Waals surface area contributed by atoms with Gasteiger partial charge in [0.1, 0.15) is 11.4 Å². The van der Waals surface area contributed by atoms with Gasteiger partial charge in [-0.05, 0) is 37.0 Å². The monoisotopic (exact) mass is 236 g/mol. The molecule has 0 aromatic carbocycles. The molecule has 0 amide bonds. The summed E-state index contributed by atoms with van der Waals surface area (Å²) in [6.07, 6.45) is 7.52. The van der Waals surface area contributed by atoms with Crippen LogP contribution < -0.4 is 0 Å². The fraction of sp³-hybridized carbons (Fsp3) is 0.786. The molecule has 0 saturated heterocycles. The maximum Gasteiger partial charge on any atom is 0.140 e. The third kappa shape index (κ3) is 2.39. The average Bonchev–Trinajstić information content (AvgIpc) is 2.64. The number of rotatable bonds is 1. The molecule has 0 bridgehead atoms. The number of aliphatic hydroxyl groups is 1. The Hall–Kier alpha value is -0.830. The second kappa shape index (κ2) is 4.13. The lowest BCUT2D eigenvalue weighted by Gasteiger charge is -2.40. The Balaban J connectivity index is 2.11. The highest BCUT2D eigenvalue weighted by molar-refractivity contribution is 5.06. The van der Waals surface area contributed by atoms with Crippen molar-refractivity contribution in [2.45, 2.75) is 52.1 Å². The normalized spacial score (nSPS) is 30.5. The first-order valence-corrected chi connectivity index (χ1v) is 6.53. The summed E-state index contributed by atoms with van der Waals surface area (Å²) in [7, 11) is 1.95. The van der Waals surface area contributed by atoms with Crippen LogP contribution in [0.2, 0.25) is 0 Å². The highest BCUT2D eigenvalue weighted by Gasteiger charge is 2.40. The Bertz CT molecular complexity index is 381. The maximum atomic E-state index is 10.7. The van der Waals surface area contributed by atoms with Gasteiger partial charge in [-0.3, -0.25) is 0 Å². The van der Waals surface area contributed by atoms with Gasteiger partial charge in [-0.2, -0.15) is 0 Å². The molecule has 96 valence electrons. The lowest BCUT2D eigenvalue weighted by Crippen LogP contribution is -2.37. The number of imidazole rings is 1. The lowest BCUT2D eigenvalue weighted by atomic mass is 9.68. The van der Waals surface area contributed by atoms with Gasteiger partial charge in [-0.15, -0.1) is 0 Å². The second-order valence-corrected chi connectivity index (χ2v) is 6.53. The van der Waals surface area contributed by atoms with Crippen molar-refractivity contribution in [3.05, 3.63) is 18.2 Å². The predicted octanol–water partition coefficient (Wildman–Crippen LogP) is 2.84. The second-order valence-electron chi connectivity index (χ2n) is 6.53. The fourth-order valence-corrected chi connectivity index (χ4v) is 3.00. The number of aryl methyl sites for hydroxylation is 1. The summed E-state index contributed by atoms with van der Waals surface area (Å²) in [5, 5.41) is 10.7. The molecule has 3 heteroatoms. The molecule has 1 aliphatic rings. The molecule has 1 saturated carbocycles. The summed E-state index contributed by atoms with van der Waals surface area (Å²) < 4.78 is 1.94. The molecule has 0 atom stereocenters. The molecule has 0 radical (unpaired) electrons. The zero-order valence-corrected chi connectivity index (χ0v) is 11.4. The smallest absolute Gasteiger partial charge is 0.140 e. The van der Waals surface area contributed by atoms with Crippen molar-refractivity contribution in [2.75, 3.05) is 0 Å². The SMILES string of the molecule is Cn1ccnc1C1(O)CCC(C(C)(C)C)CC1. The molecule has 1 aliphatic carbocycles. The molecule has 0 spiro atoms. The third-order valence-corrected chi connectivity index (χ3v) is 4.27. The van der Waals surface area contributed by atoms with Crippen molar-refractivity contribution in [2.24, 2.45) is 18.4 Å². The van der Waals surface area contributed by atoms with Crippen LogP contribution in [0.3, 0.4) is 0 Å². The van der Waals surface area contributed by atoms with Gasteiger partial charge in [0, 0.05) is 19.4 Å². The van der Waals surface area contributed by atoms with E-state index < -0.39 is 5.60 Å². The summed E-state index contributed by atoms with van der Waals surface area (Å²) in [6.45, 7) is 6.88. The number of hydrogen-bond donors (Lipinski definition) is 1. The zero-order chi connectivity index (χ0) is 12.7.